The van der Waals surface area contributed by atoms with Crippen molar-refractivity contribution in [2.24, 2.45) is 7.05 Å². The van der Waals surface area contributed by atoms with Gasteiger partial charge in [-0.2, -0.15) is 0 Å². The molecule has 1 heterocycles. The Morgan fingerprint density at radius 1 is 1.21 bits per heavy atom. The highest BCUT2D eigenvalue weighted by molar-refractivity contribution is 6.05. The number of methoxy groups -OCH3 is 1. The number of nitrogens with zero attached hydrogens (tertiary/aromatic N) is 1. The van der Waals surface area contributed by atoms with Gasteiger partial charge in [-0.15, -0.1) is 6.58 Å². The first-order valence-electron chi connectivity index (χ1n) is 7.68. The summed E-state index contributed by atoms with van der Waals surface area (Å²) >= 11 is 0. The number of hydrogen-bond donors (Lipinski definition) is 0. The number of carbonyl (C=O) groups excluding carboxylic acids is 1. The summed E-state index contributed by atoms with van der Waals surface area (Å²) < 4.78 is 12.8. The molecule has 122 valence electrons. The molecular weight excluding hydrogens is 302 g/mol. The van der Waals surface area contributed by atoms with E-state index in [4.69, 9.17) is 9.47 Å². The van der Waals surface area contributed by atoms with Crippen LogP contribution >= 0.6 is 0 Å². The van der Waals surface area contributed by atoms with Gasteiger partial charge in [-0.05, 0) is 30.2 Å². The van der Waals surface area contributed by atoms with E-state index in [9.17, 15) is 4.79 Å². The fourth-order valence-corrected chi connectivity index (χ4v) is 2.75. The molecule has 0 fully saturated rings. The summed E-state index contributed by atoms with van der Waals surface area (Å²) in [6.45, 7) is 3.72. The molecule has 24 heavy (non-hydrogen) atoms. The van der Waals surface area contributed by atoms with Crippen molar-refractivity contribution in [3.8, 4) is 11.5 Å². The number of allylic oxidation sites excluding steroid dienone is 1. The van der Waals surface area contributed by atoms with Crippen LogP contribution in [-0.2, 0) is 13.5 Å². The molecular formula is C20H19NO3. The molecule has 0 saturated heterocycles. The summed E-state index contributed by atoms with van der Waals surface area (Å²) in [5.74, 6) is 0.535. The van der Waals surface area contributed by atoms with Gasteiger partial charge in [0, 0.05) is 24.1 Å². The standard InChI is InChI=1S/C20H19NO3/c1-4-7-14-10-11-18(19(12-14)23-3)24-20(22)16-13-21(2)17-9-6-5-8-15(16)17/h4-6,8-13H,1,7H2,2-3H3. The second-order valence-electron chi connectivity index (χ2n) is 5.54. The first-order chi connectivity index (χ1) is 11.6. The Balaban J connectivity index is 1.93. The highest BCUT2D eigenvalue weighted by Crippen LogP contribution is 2.30. The lowest BCUT2D eigenvalue weighted by molar-refractivity contribution is 0.0731. The minimum absolute atomic E-state index is 0.401. The van der Waals surface area contributed by atoms with Gasteiger partial charge in [0.25, 0.3) is 0 Å². The Labute approximate surface area is 140 Å². The molecule has 3 aromatic rings. The molecule has 0 amide bonds. The van der Waals surface area contributed by atoms with Gasteiger partial charge in [0.1, 0.15) is 0 Å². The maximum atomic E-state index is 12.6. The van der Waals surface area contributed by atoms with Crippen LogP contribution in [0.25, 0.3) is 10.9 Å². The van der Waals surface area contributed by atoms with Crippen molar-refractivity contribution in [3.05, 3.63) is 72.4 Å². The SMILES string of the molecule is C=CCc1ccc(OC(=O)c2cn(C)c3ccccc23)c(OC)c1. The minimum Gasteiger partial charge on any atom is -0.493 e. The van der Waals surface area contributed by atoms with Crippen LogP contribution in [0.3, 0.4) is 0 Å². The summed E-state index contributed by atoms with van der Waals surface area (Å²) in [5, 5.41) is 0.868. The van der Waals surface area contributed by atoms with Crippen LogP contribution in [0, 0.1) is 0 Å². The van der Waals surface area contributed by atoms with Crippen LogP contribution in [0.1, 0.15) is 15.9 Å². The van der Waals surface area contributed by atoms with Crippen LogP contribution in [0.5, 0.6) is 11.5 Å². The van der Waals surface area contributed by atoms with Gasteiger partial charge in [-0.3, -0.25) is 0 Å². The molecule has 0 spiro atoms. The molecule has 2 aromatic carbocycles. The first-order valence-corrected chi connectivity index (χ1v) is 7.68. The van der Waals surface area contributed by atoms with Gasteiger partial charge in [0.2, 0.25) is 0 Å². The van der Waals surface area contributed by atoms with E-state index in [0.29, 0.717) is 17.1 Å². The van der Waals surface area contributed by atoms with Crippen LogP contribution in [0.15, 0.2) is 61.3 Å². The lowest BCUT2D eigenvalue weighted by Crippen LogP contribution is -2.09. The van der Waals surface area contributed by atoms with Crippen molar-refractivity contribution in [2.75, 3.05) is 7.11 Å². The third kappa shape index (κ3) is 2.91. The van der Waals surface area contributed by atoms with Gasteiger partial charge >= 0.3 is 5.97 Å². The largest absolute Gasteiger partial charge is 0.493 e. The highest BCUT2D eigenvalue weighted by atomic mass is 16.6. The van der Waals surface area contributed by atoms with Gasteiger partial charge in [0.15, 0.2) is 11.5 Å². The number of fused-ring (bicyclic) bond motifs is 1. The van der Waals surface area contributed by atoms with Gasteiger partial charge < -0.3 is 14.0 Å². The third-order valence-electron chi connectivity index (χ3n) is 3.93. The maximum absolute atomic E-state index is 12.6. The average Bonchev–Trinajstić information content (AvgIpc) is 2.94. The molecule has 0 atom stereocenters. The summed E-state index contributed by atoms with van der Waals surface area (Å²) in [6.07, 6.45) is 4.33. The van der Waals surface area contributed by atoms with E-state index < -0.39 is 5.97 Å². The quantitative estimate of drug-likeness (QED) is 0.403. The molecule has 0 aliphatic rings. The lowest BCUT2D eigenvalue weighted by atomic mass is 10.1. The molecule has 0 aliphatic heterocycles. The summed E-state index contributed by atoms with van der Waals surface area (Å²) in [5.41, 5.74) is 2.56. The average molecular weight is 321 g/mol. The Morgan fingerprint density at radius 2 is 2.00 bits per heavy atom. The third-order valence-corrected chi connectivity index (χ3v) is 3.93. The molecule has 0 unspecified atom stereocenters. The van der Waals surface area contributed by atoms with E-state index >= 15 is 0 Å². The topological polar surface area (TPSA) is 40.5 Å². The predicted molar refractivity (Wildman–Crippen MR) is 94.8 cm³/mol. The van der Waals surface area contributed by atoms with Crippen molar-refractivity contribution in [2.45, 2.75) is 6.42 Å². The lowest BCUT2D eigenvalue weighted by Gasteiger charge is -2.10. The van der Waals surface area contributed by atoms with Crippen LogP contribution in [-0.4, -0.2) is 17.6 Å². The van der Waals surface area contributed by atoms with E-state index in [-0.39, 0.29) is 0 Å². The predicted octanol–water partition coefficient (Wildman–Crippen LogP) is 4.13. The minimum atomic E-state index is -0.401. The highest BCUT2D eigenvalue weighted by Gasteiger charge is 2.17. The number of hydrogen-bond acceptors (Lipinski definition) is 3. The Hall–Kier alpha value is -3.01. The number of carbonyl (C=O) groups is 1. The molecule has 0 radical (unpaired) electrons. The summed E-state index contributed by atoms with van der Waals surface area (Å²) in [4.78, 5) is 12.6. The number of benzene rings is 2. The zero-order chi connectivity index (χ0) is 17.1. The van der Waals surface area contributed by atoms with E-state index in [1.807, 2.05) is 54.1 Å². The summed E-state index contributed by atoms with van der Waals surface area (Å²) in [7, 11) is 3.46. The molecule has 0 saturated carbocycles. The second kappa shape index (κ2) is 6.62. The van der Waals surface area contributed by atoms with Crippen LogP contribution in [0.4, 0.5) is 0 Å². The van der Waals surface area contributed by atoms with Gasteiger partial charge in [-0.1, -0.05) is 30.3 Å². The molecule has 1 aromatic heterocycles. The van der Waals surface area contributed by atoms with Crippen molar-refractivity contribution in [3.63, 3.8) is 0 Å². The first kappa shape index (κ1) is 15.9. The maximum Gasteiger partial charge on any atom is 0.345 e. The fourth-order valence-electron chi connectivity index (χ4n) is 2.75. The van der Waals surface area contributed by atoms with Gasteiger partial charge in [0.05, 0.1) is 12.7 Å². The number of aryl methyl sites for hydroxylation is 1. The Bertz CT molecular complexity index is 908. The number of aromatic nitrogens is 1. The van der Waals surface area contributed by atoms with E-state index in [1.54, 1.807) is 19.4 Å². The molecule has 0 bridgehead atoms. The smallest absolute Gasteiger partial charge is 0.345 e. The molecule has 4 heteroatoms. The van der Waals surface area contributed by atoms with Crippen LogP contribution in [0.2, 0.25) is 0 Å². The van der Waals surface area contributed by atoms with Crippen LogP contribution < -0.4 is 9.47 Å². The second-order valence-corrected chi connectivity index (χ2v) is 5.54. The number of ether oxygens (including phenoxy) is 2. The summed E-state index contributed by atoms with van der Waals surface area (Å²) in [6, 6.07) is 13.2. The monoisotopic (exact) mass is 321 g/mol. The molecule has 0 N–H and O–H groups in total. The van der Waals surface area contributed by atoms with Crippen molar-refractivity contribution in [1.82, 2.24) is 4.57 Å². The van der Waals surface area contributed by atoms with E-state index in [2.05, 4.69) is 6.58 Å². The molecule has 3 rings (SSSR count). The normalized spacial score (nSPS) is 10.6. The fraction of sp³-hybridized carbons (Fsp3) is 0.150. The number of para-hydroxylation sites is 1. The zero-order valence-electron chi connectivity index (χ0n) is 13.8. The van der Waals surface area contributed by atoms with Crippen molar-refractivity contribution < 1.29 is 14.3 Å². The molecule has 4 nitrogen and oxygen atoms in total. The Kier molecular flexibility index (Phi) is 4.38. The zero-order valence-corrected chi connectivity index (χ0v) is 13.8. The number of rotatable bonds is 5. The van der Waals surface area contributed by atoms with E-state index in [0.717, 1.165) is 22.9 Å². The van der Waals surface area contributed by atoms with E-state index in [1.165, 1.54) is 0 Å². The van der Waals surface area contributed by atoms with Crippen molar-refractivity contribution >= 4 is 16.9 Å². The van der Waals surface area contributed by atoms with Gasteiger partial charge in [-0.25, -0.2) is 4.79 Å². The molecule has 0 aliphatic carbocycles. The Morgan fingerprint density at radius 3 is 2.75 bits per heavy atom. The number of esters is 1. The van der Waals surface area contributed by atoms with Crippen molar-refractivity contribution in [1.29, 1.82) is 0 Å².